The highest BCUT2D eigenvalue weighted by Gasteiger charge is 2.29. The molecule has 0 radical (unpaired) electrons. The molecule has 0 aliphatic carbocycles. The first-order valence-electron chi connectivity index (χ1n) is 7.15. The number of hydrogen-bond acceptors (Lipinski definition) is 3. The highest BCUT2D eigenvalue weighted by atomic mass is 79.9. The molecule has 5 nitrogen and oxygen atoms in total. The molecule has 1 heterocycles. The Morgan fingerprint density at radius 2 is 2.29 bits per heavy atom. The summed E-state index contributed by atoms with van der Waals surface area (Å²) in [7, 11) is -3.47. The molecule has 1 aliphatic heterocycles. The Bertz CT molecular complexity index is 579. The monoisotopic (exact) mass is 375 g/mol. The van der Waals surface area contributed by atoms with Crippen molar-refractivity contribution < 1.29 is 8.42 Å². The Kier molecular flexibility index (Phi) is 5.79. The number of nitrogens with zero attached hydrogens (tertiary/aromatic N) is 1. The molecule has 2 atom stereocenters. The number of benzene rings is 1. The van der Waals surface area contributed by atoms with E-state index in [9.17, 15) is 8.42 Å². The van der Waals surface area contributed by atoms with Crippen LogP contribution in [-0.2, 0) is 10.2 Å². The van der Waals surface area contributed by atoms with Crippen molar-refractivity contribution in [1.29, 1.82) is 0 Å². The average Bonchev–Trinajstić information content (AvgIpc) is 2.47. The van der Waals surface area contributed by atoms with E-state index in [4.69, 9.17) is 5.73 Å². The minimum Gasteiger partial charge on any atom is -0.330 e. The molecule has 1 saturated heterocycles. The number of piperidine rings is 1. The first kappa shape index (κ1) is 16.9. The van der Waals surface area contributed by atoms with E-state index < -0.39 is 10.2 Å². The topological polar surface area (TPSA) is 75.4 Å². The zero-order valence-corrected chi connectivity index (χ0v) is 14.5. The van der Waals surface area contributed by atoms with E-state index in [1.165, 1.54) is 4.31 Å². The van der Waals surface area contributed by atoms with E-state index in [0.29, 0.717) is 19.6 Å². The molecule has 7 heteroatoms. The molecular formula is C14H22BrN3O2S. The van der Waals surface area contributed by atoms with Gasteiger partial charge in [0.2, 0.25) is 0 Å². The van der Waals surface area contributed by atoms with Gasteiger partial charge in [-0.05, 0) is 49.9 Å². The van der Waals surface area contributed by atoms with Crippen LogP contribution in [0.2, 0.25) is 0 Å². The van der Waals surface area contributed by atoms with Crippen LogP contribution in [0.5, 0.6) is 0 Å². The van der Waals surface area contributed by atoms with Gasteiger partial charge in [0.05, 0.1) is 0 Å². The lowest BCUT2D eigenvalue weighted by Crippen LogP contribution is -2.47. The van der Waals surface area contributed by atoms with E-state index in [-0.39, 0.29) is 12.0 Å². The normalized spacial score (nSPS) is 22.1. The Morgan fingerprint density at radius 3 is 2.95 bits per heavy atom. The number of nitrogens with two attached hydrogens (primary N) is 1. The third-order valence-corrected chi connectivity index (χ3v) is 5.99. The Balaban J connectivity index is 2.06. The molecule has 0 saturated carbocycles. The number of halogens is 1. The Hall–Kier alpha value is -0.470. The van der Waals surface area contributed by atoms with Crippen molar-refractivity contribution in [2.24, 2.45) is 11.7 Å². The maximum absolute atomic E-state index is 12.5. The van der Waals surface area contributed by atoms with Crippen LogP contribution >= 0.6 is 15.9 Å². The summed E-state index contributed by atoms with van der Waals surface area (Å²) in [5, 5.41) is 0. The first-order chi connectivity index (χ1) is 9.92. The third-order valence-electron chi connectivity index (χ3n) is 3.83. The van der Waals surface area contributed by atoms with Crippen LogP contribution in [0.3, 0.4) is 0 Å². The largest absolute Gasteiger partial charge is 0.330 e. The third kappa shape index (κ3) is 4.50. The number of nitrogens with one attached hydrogen (secondary N) is 1. The summed E-state index contributed by atoms with van der Waals surface area (Å²) in [6.07, 6.45) is 1.87. The predicted octanol–water partition coefficient (Wildman–Crippen LogP) is 2.02. The molecule has 1 aliphatic rings. The SMILES string of the molecule is CC(NS(=O)(=O)N1CCCC(CN)C1)c1cccc(Br)c1. The van der Waals surface area contributed by atoms with Gasteiger partial charge in [0, 0.05) is 23.6 Å². The van der Waals surface area contributed by atoms with Crippen LogP contribution < -0.4 is 10.5 Å². The van der Waals surface area contributed by atoms with Gasteiger partial charge in [-0.25, -0.2) is 0 Å². The van der Waals surface area contributed by atoms with Crippen LogP contribution in [0.25, 0.3) is 0 Å². The van der Waals surface area contributed by atoms with E-state index in [0.717, 1.165) is 22.9 Å². The first-order valence-corrected chi connectivity index (χ1v) is 9.38. The fourth-order valence-electron chi connectivity index (χ4n) is 2.58. The molecular weight excluding hydrogens is 354 g/mol. The molecule has 1 aromatic rings. The summed E-state index contributed by atoms with van der Waals surface area (Å²) < 4.78 is 30.2. The summed E-state index contributed by atoms with van der Waals surface area (Å²) >= 11 is 3.40. The van der Waals surface area contributed by atoms with Crippen LogP contribution in [-0.4, -0.2) is 32.4 Å². The van der Waals surface area contributed by atoms with Crippen molar-refractivity contribution in [2.45, 2.75) is 25.8 Å². The maximum atomic E-state index is 12.5. The lowest BCUT2D eigenvalue weighted by Gasteiger charge is -2.32. The van der Waals surface area contributed by atoms with Gasteiger partial charge < -0.3 is 5.73 Å². The van der Waals surface area contributed by atoms with E-state index >= 15 is 0 Å². The van der Waals surface area contributed by atoms with Crippen molar-refractivity contribution >= 4 is 26.1 Å². The highest BCUT2D eigenvalue weighted by molar-refractivity contribution is 9.10. The fourth-order valence-corrected chi connectivity index (χ4v) is 4.50. The van der Waals surface area contributed by atoms with Crippen LogP contribution in [0.4, 0.5) is 0 Å². The Morgan fingerprint density at radius 1 is 1.52 bits per heavy atom. The second-order valence-corrected chi connectivity index (χ2v) is 8.12. The van der Waals surface area contributed by atoms with Gasteiger partial charge in [-0.1, -0.05) is 28.1 Å². The molecule has 0 spiro atoms. The van der Waals surface area contributed by atoms with Crippen molar-refractivity contribution in [3.63, 3.8) is 0 Å². The van der Waals surface area contributed by atoms with Crippen LogP contribution in [0, 0.1) is 5.92 Å². The standard InChI is InChI=1S/C14H22BrN3O2S/c1-11(13-5-2-6-14(15)8-13)17-21(19,20)18-7-3-4-12(9-16)10-18/h2,5-6,8,11-12,17H,3-4,7,9-10,16H2,1H3. The van der Waals surface area contributed by atoms with Gasteiger partial charge in [-0.3, -0.25) is 0 Å². The van der Waals surface area contributed by atoms with E-state index in [1.807, 2.05) is 31.2 Å². The molecule has 1 fully saturated rings. The van der Waals surface area contributed by atoms with Gasteiger partial charge >= 0.3 is 0 Å². The van der Waals surface area contributed by atoms with Crippen LogP contribution in [0.1, 0.15) is 31.4 Å². The predicted molar refractivity (Wildman–Crippen MR) is 88.0 cm³/mol. The van der Waals surface area contributed by atoms with Gasteiger partial charge in [-0.2, -0.15) is 17.4 Å². The second kappa shape index (κ2) is 7.19. The van der Waals surface area contributed by atoms with E-state index in [1.54, 1.807) is 0 Å². The van der Waals surface area contributed by atoms with Gasteiger partial charge in [0.25, 0.3) is 10.2 Å². The lowest BCUT2D eigenvalue weighted by molar-refractivity contribution is 0.267. The summed E-state index contributed by atoms with van der Waals surface area (Å²) in [6.45, 7) is 3.46. The lowest BCUT2D eigenvalue weighted by atomic mass is 10.0. The molecule has 0 aromatic heterocycles. The molecule has 2 unspecified atom stereocenters. The summed E-state index contributed by atoms with van der Waals surface area (Å²) in [4.78, 5) is 0. The average molecular weight is 376 g/mol. The zero-order chi connectivity index (χ0) is 15.5. The van der Waals surface area contributed by atoms with Gasteiger partial charge in [-0.15, -0.1) is 0 Å². The number of rotatable bonds is 5. The molecule has 0 amide bonds. The smallest absolute Gasteiger partial charge is 0.280 e. The van der Waals surface area contributed by atoms with Crippen molar-refractivity contribution in [2.75, 3.05) is 19.6 Å². The van der Waals surface area contributed by atoms with Crippen molar-refractivity contribution in [1.82, 2.24) is 9.03 Å². The van der Waals surface area contributed by atoms with E-state index in [2.05, 4.69) is 20.7 Å². The molecule has 2 rings (SSSR count). The second-order valence-electron chi connectivity index (χ2n) is 5.50. The summed E-state index contributed by atoms with van der Waals surface area (Å²) in [5.74, 6) is 0.261. The molecule has 3 N–H and O–H groups in total. The maximum Gasteiger partial charge on any atom is 0.280 e. The molecule has 21 heavy (non-hydrogen) atoms. The highest BCUT2D eigenvalue weighted by Crippen LogP contribution is 2.21. The Labute approximate surface area is 135 Å². The summed E-state index contributed by atoms with van der Waals surface area (Å²) in [6, 6.07) is 7.38. The van der Waals surface area contributed by atoms with Crippen molar-refractivity contribution in [3.05, 3.63) is 34.3 Å². The van der Waals surface area contributed by atoms with Gasteiger partial charge in [0.1, 0.15) is 0 Å². The fraction of sp³-hybridized carbons (Fsp3) is 0.571. The number of hydrogen-bond donors (Lipinski definition) is 2. The van der Waals surface area contributed by atoms with Crippen LogP contribution in [0.15, 0.2) is 28.7 Å². The van der Waals surface area contributed by atoms with Gasteiger partial charge in [0.15, 0.2) is 0 Å². The zero-order valence-electron chi connectivity index (χ0n) is 12.1. The summed E-state index contributed by atoms with van der Waals surface area (Å²) in [5.41, 5.74) is 6.60. The van der Waals surface area contributed by atoms with Crippen molar-refractivity contribution in [3.8, 4) is 0 Å². The quantitative estimate of drug-likeness (QED) is 0.826. The minimum atomic E-state index is -3.47. The molecule has 1 aromatic carbocycles. The molecule has 118 valence electrons. The minimum absolute atomic E-state index is 0.261. The molecule has 0 bridgehead atoms.